The summed E-state index contributed by atoms with van der Waals surface area (Å²) in [4.78, 5) is 0. The average Bonchev–Trinajstić information content (AvgIpc) is 3.13. The lowest BCUT2D eigenvalue weighted by molar-refractivity contribution is 0.882. The number of hydrogen-bond acceptors (Lipinski definition) is 2. The van der Waals surface area contributed by atoms with E-state index >= 15 is 0 Å². The Morgan fingerprint density at radius 1 is 1.09 bits per heavy atom. The van der Waals surface area contributed by atoms with E-state index in [4.69, 9.17) is 28.3 Å². The molecule has 0 bridgehead atoms. The van der Waals surface area contributed by atoms with Crippen molar-refractivity contribution >= 4 is 29.0 Å². The zero-order chi connectivity index (χ0) is 16.0. The molecule has 4 rings (SSSR count). The number of nitrogens with one attached hydrogen (secondary N) is 1. The van der Waals surface area contributed by atoms with Crippen molar-refractivity contribution in [3.05, 3.63) is 63.6 Å². The molecule has 2 aromatic carbocycles. The fourth-order valence-electron chi connectivity index (χ4n) is 2.91. The second-order valence-electron chi connectivity index (χ2n) is 5.70. The standard InChI is InChI=1S/C18H15Cl2N3/c1-11-2-7-14(10-16(11)20)23-18-15(8-9-21-18)17(22-23)12-3-5-13(19)6-4-12/h2-7,10,21H,8-9H2,1H3. The summed E-state index contributed by atoms with van der Waals surface area (Å²) >= 11 is 12.3. The predicted molar refractivity (Wildman–Crippen MR) is 96.0 cm³/mol. The zero-order valence-electron chi connectivity index (χ0n) is 12.6. The van der Waals surface area contributed by atoms with E-state index in [1.165, 1.54) is 5.56 Å². The summed E-state index contributed by atoms with van der Waals surface area (Å²) in [5, 5.41) is 9.74. The van der Waals surface area contributed by atoms with E-state index in [0.29, 0.717) is 0 Å². The molecule has 3 aromatic rings. The first-order valence-corrected chi connectivity index (χ1v) is 8.27. The maximum atomic E-state index is 6.28. The molecule has 2 heterocycles. The fourth-order valence-corrected chi connectivity index (χ4v) is 3.22. The van der Waals surface area contributed by atoms with E-state index in [9.17, 15) is 0 Å². The summed E-state index contributed by atoms with van der Waals surface area (Å²) in [6.07, 6.45) is 0.965. The third-order valence-corrected chi connectivity index (χ3v) is 4.83. The first-order chi connectivity index (χ1) is 11.1. The van der Waals surface area contributed by atoms with Crippen molar-refractivity contribution in [1.82, 2.24) is 9.78 Å². The van der Waals surface area contributed by atoms with Crippen LogP contribution in [0.5, 0.6) is 0 Å². The van der Waals surface area contributed by atoms with Gasteiger partial charge in [-0.25, -0.2) is 4.68 Å². The summed E-state index contributed by atoms with van der Waals surface area (Å²) in [5.41, 5.74) is 5.34. The topological polar surface area (TPSA) is 29.9 Å². The van der Waals surface area contributed by atoms with Crippen molar-refractivity contribution in [2.45, 2.75) is 13.3 Å². The van der Waals surface area contributed by atoms with Gasteiger partial charge in [-0.3, -0.25) is 0 Å². The molecule has 1 N–H and O–H groups in total. The molecule has 1 aliphatic rings. The number of benzene rings is 2. The Labute approximate surface area is 144 Å². The summed E-state index contributed by atoms with van der Waals surface area (Å²) in [6, 6.07) is 13.8. The molecule has 0 unspecified atom stereocenters. The highest BCUT2D eigenvalue weighted by molar-refractivity contribution is 6.31. The number of nitrogens with zero attached hydrogens (tertiary/aromatic N) is 2. The van der Waals surface area contributed by atoms with Gasteiger partial charge < -0.3 is 5.32 Å². The Morgan fingerprint density at radius 3 is 2.61 bits per heavy atom. The normalized spacial score (nSPS) is 13.0. The molecule has 0 spiro atoms. The van der Waals surface area contributed by atoms with Crippen LogP contribution in [0.4, 0.5) is 5.82 Å². The van der Waals surface area contributed by atoms with Gasteiger partial charge in [-0.05, 0) is 43.2 Å². The molecule has 1 aliphatic heterocycles. The molecule has 0 atom stereocenters. The highest BCUT2D eigenvalue weighted by atomic mass is 35.5. The Kier molecular flexibility index (Phi) is 3.55. The lowest BCUT2D eigenvalue weighted by Gasteiger charge is -2.08. The lowest BCUT2D eigenvalue weighted by atomic mass is 10.1. The van der Waals surface area contributed by atoms with Gasteiger partial charge in [0.2, 0.25) is 0 Å². The van der Waals surface area contributed by atoms with Crippen molar-refractivity contribution in [3.8, 4) is 16.9 Å². The lowest BCUT2D eigenvalue weighted by Crippen LogP contribution is -2.04. The number of rotatable bonds is 2. The van der Waals surface area contributed by atoms with Crippen molar-refractivity contribution in [3.63, 3.8) is 0 Å². The molecule has 23 heavy (non-hydrogen) atoms. The smallest absolute Gasteiger partial charge is 0.133 e. The Balaban J connectivity index is 1.87. The van der Waals surface area contributed by atoms with Gasteiger partial charge in [-0.2, -0.15) is 5.10 Å². The third kappa shape index (κ3) is 2.50. The van der Waals surface area contributed by atoms with Crippen molar-refractivity contribution in [2.75, 3.05) is 11.9 Å². The monoisotopic (exact) mass is 343 g/mol. The molecule has 0 saturated carbocycles. The molecule has 0 aliphatic carbocycles. The van der Waals surface area contributed by atoms with E-state index in [2.05, 4.69) is 5.32 Å². The molecule has 5 heteroatoms. The molecular weight excluding hydrogens is 329 g/mol. The van der Waals surface area contributed by atoms with Crippen LogP contribution in [-0.2, 0) is 6.42 Å². The molecule has 3 nitrogen and oxygen atoms in total. The van der Waals surface area contributed by atoms with Gasteiger partial charge >= 0.3 is 0 Å². The van der Waals surface area contributed by atoms with Gasteiger partial charge in [0.05, 0.1) is 11.4 Å². The quantitative estimate of drug-likeness (QED) is 0.699. The van der Waals surface area contributed by atoms with Crippen LogP contribution in [-0.4, -0.2) is 16.3 Å². The molecule has 0 radical (unpaired) electrons. The summed E-state index contributed by atoms with van der Waals surface area (Å²) in [5.74, 6) is 1.05. The first kappa shape index (κ1) is 14.6. The minimum absolute atomic E-state index is 0.730. The first-order valence-electron chi connectivity index (χ1n) is 7.52. The Bertz CT molecular complexity index is 882. The number of anilines is 1. The minimum Gasteiger partial charge on any atom is -0.369 e. The number of fused-ring (bicyclic) bond motifs is 1. The SMILES string of the molecule is Cc1ccc(-n2nc(-c3ccc(Cl)cc3)c3c2NCC3)cc1Cl. The van der Waals surface area contributed by atoms with E-state index in [1.807, 2.05) is 54.1 Å². The zero-order valence-corrected chi connectivity index (χ0v) is 14.1. The third-order valence-electron chi connectivity index (χ3n) is 4.17. The summed E-state index contributed by atoms with van der Waals surface area (Å²) in [7, 11) is 0. The van der Waals surface area contributed by atoms with Crippen LogP contribution < -0.4 is 5.32 Å². The number of aryl methyl sites for hydroxylation is 1. The highest BCUT2D eigenvalue weighted by Crippen LogP contribution is 2.35. The van der Waals surface area contributed by atoms with Gasteiger partial charge in [-0.15, -0.1) is 0 Å². The fraction of sp³-hybridized carbons (Fsp3) is 0.167. The molecular formula is C18H15Cl2N3. The molecule has 1 aromatic heterocycles. The van der Waals surface area contributed by atoms with Crippen LogP contribution in [0.3, 0.4) is 0 Å². The highest BCUT2D eigenvalue weighted by Gasteiger charge is 2.24. The Hall–Kier alpha value is -1.97. The molecule has 0 amide bonds. The van der Waals surface area contributed by atoms with Gasteiger partial charge in [0, 0.05) is 27.7 Å². The molecule has 116 valence electrons. The van der Waals surface area contributed by atoms with Crippen LogP contribution in [0.25, 0.3) is 16.9 Å². The van der Waals surface area contributed by atoms with Crippen molar-refractivity contribution < 1.29 is 0 Å². The largest absolute Gasteiger partial charge is 0.369 e. The van der Waals surface area contributed by atoms with Crippen LogP contribution in [0.1, 0.15) is 11.1 Å². The van der Waals surface area contributed by atoms with Crippen molar-refractivity contribution in [2.24, 2.45) is 0 Å². The van der Waals surface area contributed by atoms with E-state index in [-0.39, 0.29) is 0 Å². The average molecular weight is 344 g/mol. The number of aromatic nitrogens is 2. The summed E-state index contributed by atoms with van der Waals surface area (Å²) < 4.78 is 1.94. The predicted octanol–water partition coefficient (Wildman–Crippen LogP) is 5.12. The van der Waals surface area contributed by atoms with Gasteiger partial charge in [-0.1, -0.05) is 41.4 Å². The molecule has 0 fully saturated rings. The number of hydrogen-bond donors (Lipinski definition) is 1. The van der Waals surface area contributed by atoms with E-state index in [0.717, 1.165) is 51.3 Å². The van der Waals surface area contributed by atoms with Gasteiger partial charge in [0.25, 0.3) is 0 Å². The van der Waals surface area contributed by atoms with Crippen LogP contribution >= 0.6 is 23.2 Å². The number of halogens is 2. The second-order valence-corrected chi connectivity index (χ2v) is 6.55. The van der Waals surface area contributed by atoms with Crippen LogP contribution in [0.15, 0.2) is 42.5 Å². The van der Waals surface area contributed by atoms with Crippen LogP contribution in [0.2, 0.25) is 10.0 Å². The van der Waals surface area contributed by atoms with Crippen LogP contribution in [0, 0.1) is 6.92 Å². The van der Waals surface area contributed by atoms with Gasteiger partial charge in [0.1, 0.15) is 5.82 Å². The Morgan fingerprint density at radius 2 is 1.87 bits per heavy atom. The van der Waals surface area contributed by atoms with E-state index < -0.39 is 0 Å². The van der Waals surface area contributed by atoms with Crippen molar-refractivity contribution in [1.29, 1.82) is 0 Å². The molecule has 0 saturated heterocycles. The maximum absolute atomic E-state index is 6.28. The van der Waals surface area contributed by atoms with Gasteiger partial charge in [0.15, 0.2) is 0 Å². The minimum atomic E-state index is 0.730. The second kappa shape index (κ2) is 5.59. The maximum Gasteiger partial charge on any atom is 0.133 e. The summed E-state index contributed by atoms with van der Waals surface area (Å²) in [6.45, 7) is 2.92. The van der Waals surface area contributed by atoms with E-state index in [1.54, 1.807) is 0 Å².